The van der Waals surface area contributed by atoms with Crippen molar-refractivity contribution in [1.29, 1.82) is 0 Å². The van der Waals surface area contributed by atoms with Crippen LogP contribution in [0.2, 0.25) is 0 Å². The number of non-ortho nitro benzene ring substituents is 1. The molecule has 0 spiro atoms. The average molecular weight is 453 g/mol. The lowest BCUT2D eigenvalue weighted by Crippen LogP contribution is -2.57. The first-order valence-corrected chi connectivity index (χ1v) is 10.5. The zero-order valence-electron chi connectivity index (χ0n) is 18.0. The van der Waals surface area contributed by atoms with E-state index in [1.54, 1.807) is 31.5 Å². The van der Waals surface area contributed by atoms with Gasteiger partial charge >= 0.3 is 5.97 Å². The van der Waals surface area contributed by atoms with E-state index in [4.69, 9.17) is 4.74 Å². The Labute approximate surface area is 189 Å². The number of carbonyl (C=O) groups is 2. The summed E-state index contributed by atoms with van der Waals surface area (Å²) >= 11 is 0. The fourth-order valence-corrected chi connectivity index (χ4v) is 3.86. The Balaban J connectivity index is 1.60. The van der Waals surface area contributed by atoms with Crippen molar-refractivity contribution in [3.63, 3.8) is 0 Å². The van der Waals surface area contributed by atoms with Crippen LogP contribution in [0.4, 0.5) is 11.6 Å². The molecule has 4 rings (SSSR count). The quantitative estimate of drug-likeness (QED) is 0.302. The number of carbonyl (C=O) groups excluding carboxylic acids is 2. The van der Waals surface area contributed by atoms with E-state index in [-0.39, 0.29) is 12.3 Å². The summed E-state index contributed by atoms with van der Waals surface area (Å²) in [4.78, 5) is 53.4. The van der Waals surface area contributed by atoms with Crippen LogP contribution in [0.25, 0.3) is 0 Å². The molecule has 0 bridgehead atoms. The van der Waals surface area contributed by atoms with Gasteiger partial charge < -0.3 is 14.5 Å². The molecule has 12 heteroatoms. The molecule has 0 aliphatic carbocycles. The molecule has 172 valence electrons. The number of nitro groups is 1. The Morgan fingerprint density at radius 2 is 1.88 bits per heavy atom. The van der Waals surface area contributed by atoms with Crippen LogP contribution in [0, 0.1) is 16.0 Å². The van der Waals surface area contributed by atoms with E-state index in [9.17, 15) is 19.7 Å². The molecule has 1 aromatic carbocycles. The minimum atomic E-state index is -1.24. The Morgan fingerprint density at radius 1 is 1.18 bits per heavy atom. The molecule has 2 aromatic rings. The van der Waals surface area contributed by atoms with Crippen LogP contribution >= 0.6 is 0 Å². The van der Waals surface area contributed by atoms with Crippen LogP contribution in [0.15, 0.2) is 47.7 Å². The van der Waals surface area contributed by atoms with Gasteiger partial charge in [-0.2, -0.15) is 0 Å². The van der Waals surface area contributed by atoms with Crippen molar-refractivity contribution in [3.8, 4) is 0 Å². The predicted octanol–water partition coefficient (Wildman–Crippen LogP) is 0.913. The van der Waals surface area contributed by atoms with E-state index in [0.29, 0.717) is 43.7 Å². The second-order valence-corrected chi connectivity index (χ2v) is 7.49. The molecule has 12 nitrogen and oxygen atoms in total. The molecule has 33 heavy (non-hydrogen) atoms. The number of esters is 1. The molecule has 1 N–H and O–H groups in total. The van der Waals surface area contributed by atoms with E-state index < -0.39 is 28.8 Å². The van der Waals surface area contributed by atoms with Crippen molar-refractivity contribution in [3.05, 3.63) is 58.4 Å². The van der Waals surface area contributed by atoms with Gasteiger partial charge in [-0.25, -0.2) is 15.0 Å². The van der Waals surface area contributed by atoms with E-state index in [1.165, 1.54) is 18.2 Å². The van der Waals surface area contributed by atoms with Gasteiger partial charge in [0, 0.05) is 50.7 Å². The zero-order chi connectivity index (χ0) is 23.4. The standard InChI is InChI=1S/C21H23N7O5/c1-2-33-19(30)16-17(14-5-3-6-15(13-14)28(31)32)24-21(25-18(16)29)27-11-9-26(10-12-27)20-22-7-4-8-23-20/h3-8,13,16-17H,2,9-12H2,1H3,(H,24,25,29)/t16-,17+/m0/s1. The fourth-order valence-electron chi connectivity index (χ4n) is 3.86. The van der Waals surface area contributed by atoms with Gasteiger partial charge in [0.25, 0.3) is 5.69 Å². The molecular weight excluding hydrogens is 430 g/mol. The number of rotatable bonds is 5. The van der Waals surface area contributed by atoms with Gasteiger partial charge in [-0.05, 0) is 18.6 Å². The first-order valence-electron chi connectivity index (χ1n) is 10.5. The second kappa shape index (κ2) is 9.59. The third-order valence-corrected chi connectivity index (χ3v) is 5.47. The van der Waals surface area contributed by atoms with Gasteiger partial charge in [0.1, 0.15) is 6.04 Å². The topological polar surface area (TPSA) is 143 Å². The van der Waals surface area contributed by atoms with E-state index >= 15 is 0 Å². The first-order chi connectivity index (χ1) is 16.0. The molecule has 1 aromatic heterocycles. The number of anilines is 1. The molecule has 2 atom stereocenters. The summed E-state index contributed by atoms with van der Waals surface area (Å²) in [6, 6.07) is 6.62. The summed E-state index contributed by atoms with van der Waals surface area (Å²) < 4.78 is 5.09. The minimum absolute atomic E-state index is 0.102. The van der Waals surface area contributed by atoms with Crippen LogP contribution in [0.5, 0.6) is 0 Å². The molecule has 1 saturated heterocycles. The number of nitrogens with one attached hydrogen (secondary N) is 1. The SMILES string of the molecule is CCOC(=O)[C@@H]1C(=O)NC(N2CCN(c3ncccn3)CC2)=N[C@@H]1c1cccc([N+](=O)[O-])c1. The van der Waals surface area contributed by atoms with Gasteiger partial charge in [-0.3, -0.25) is 25.0 Å². The van der Waals surface area contributed by atoms with E-state index in [2.05, 4.69) is 20.3 Å². The highest BCUT2D eigenvalue weighted by molar-refractivity contribution is 6.08. The molecule has 1 amide bonds. The van der Waals surface area contributed by atoms with Crippen molar-refractivity contribution in [2.45, 2.75) is 13.0 Å². The molecule has 0 radical (unpaired) electrons. The van der Waals surface area contributed by atoms with Crippen LogP contribution in [-0.4, -0.2) is 70.4 Å². The van der Waals surface area contributed by atoms with Crippen LogP contribution < -0.4 is 10.2 Å². The Hall–Kier alpha value is -4.09. The highest BCUT2D eigenvalue weighted by Gasteiger charge is 2.42. The summed E-state index contributed by atoms with van der Waals surface area (Å²) in [5, 5.41) is 14.0. The van der Waals surface area contributed by atoms with Gasteiger partial charge in [-0.1, -0.05) is 12.1 Å². The number of amides is 1. The minimum Gasteiger partial charge on any atom is -0.465 e. The lowest BCUT2D eigenvalue weighted by atomic mass is 9.91. The lowest BCUT2D eigenvalue weighted by Gasteiger charge is -2.38. The van der Waals surface area contributed by atoms with Gasteiger partial charge in [-0.15, -0.1) is 0 Å². The average Bonchev–Trinajstić information content (AvgIpc) is 2.84. The maximum absolute atomic E-state index is 13.0. The summed E-state index contributed by atoms with van der Waals surface area (Å²) in [7, 11) is 0. The van der Waals surface area contributed by atoms with Gasteiger partial charge in [0.2, 0.25) is 17.8 Å². The van der Waals surface area contributed by atoms with Gasteiger partial charge in [0.05, 0.1) is 11.5 Å². The fraction of sp³-hybridized carbons (Fsp3) is 0.381. The summed E-state index contributed by atoms with van der Waals surface area (Å²) in [6.45, 7) is 4.06. The molecular formula is C21H23N7O5. The Morgan fingerprint density at radius 3 is 2.55 bits per heavy atom. The molecule has 3 heterocycles. The molecule has 0 unspecified atom stereocenters. The predicted molar refractivity (Wildman–Crippen MR) is 117 cm³/mol. The number of hydrogen-bond acceptors (Lipinski definition) is 10. The summed E-state index contributed by atoms with van der Waals surface area (Å²) in [5.74, 6) is -1.56. The van der Waals surface area contributed by atoms with Gasteiger partial charge in [0.15, 0.2) is 5.92 Å². The third-order valence-electron chi connectivity index (χ3n) is 5.47. The number of ether oxygens (including phenoxy) is 1. The number of aromatic nitrogens is 2. The van der Waals surface area contributed by atoms with Crippen molar-refractivity contribution in [2.75, 3.05) is 37.7 Å². The number of nitro benzene ring substituents is 1. The molecule has 2 aliphatic rings. The molecule has 0 saturated carbocycles. The van der Waals surface area contributed by atoms with Crippen molar-refractivity contribution in [1.82, 2.24) is 20.2 Å². The lowest BCUT2D eigenvalue weighted by molar-refractivity contribution is -0.384. The number of piperazine rings is 1. The number of benzene rings is 1. The summed E-state index contributed by atoms with van der Waals surface area (Å²) in [5.41, 5.74) is 0.250. The Bertz CT molecular complexity index is 1070. The van der Waals surface area contributed by atoms with Crippen LogP contribution in [0.3, 0.4) is 0 Å². The van der Waals surface area contributed by atoms with E-state index in [1.807, 2.05) is 9.80 Å². The smallest absolute Gasteiger partial charge is 0.321 e. The third kappa shape index (κ3) is 4.73. The normalized spacial score (nSPS) is 20.6. The second-order valence-electron chi connectivity index (χ2n) is 7.49. The monoisotopic (exact) mass is 453 g/mol. The summed E-state index contributed by atoms with van der Waals surface area (Å²) in [6.07, 6.45) is 3.36. The van der Waals surface area contributed by atoms with Crippen molar-refractivity contribution in [2.24, 2.45) is 10.9 Å². The first kappa shape index (κ1) is 22.1. The Kier molecular flexibility index (Phi) is 6.43. The van der Waals surface area contributed by atoms with Crippen molar-refractivity contribution >= 4 is 29.5 Å². The highest BCUT2D eigenvalue weighted by atomic mass is 16.6. The van der Waals surface area contributed by atoms with Crippen molar-refractivity contribution < 1.29 is 19.2 Å². The zero-order valence-corrected chi connectivity index (χ0v) is 18.0. The largest absolute Gasteiger partial charge is 0.465 e. The van der Waals surface area contributed by atoms with Crippen LogP contribution in [-0.2, 0) is 14.3 Å². The van der Waals surface area contributed by atoms with E-state index in [0.717, 1.165) is 0 Å². The number of nitrogens with zero attached hydrogens (tertiary/aromatic N) is 6. The maximum atomic E-state index is 13.0. The number of aliphatic imine (C=N–C) groups is 1. The highest BCUT2D eigenvalue weighted by Crippen LogP contribution is 2.32. The van der Waals surface area contributed by atoms with Crippen LogP contribution in [0.1, 0.15) is 18.5 Å². The number of guanidine groups is 1. The number of hydrogen-bond donors (Lipinski definition) is 1. The maximum Gasteiger partial charge on any atom is 0.321 e. The molecule has 1 fully saturated rings. The molecule has 2 aliphatic heterocycles.